The summed E-state index contributed by atoms with van der Waals surface area (Å²) in [4.78, 5) is 10.4. The third kappa shape index (κ3) is 0.553. The van der Waals surface area contributed by atoms with Gasteiger partial charge in [-0.25, -0.2) is 0 Å². The first-order valence-electron chi connectivity index (χ1n) is 2.56. The number of aliphatic hydroxyl groups is 1. The molecule has 1 aliphatic carbocycles. The van der Waals surface area contributed by atoms with Gasteiger partial charge in [0, 0.05) is 12.5 Å². The second-order valence-corrected chi connectivity index (χ2v) is 2.29. The van der Waals surface area contributed by atoms with E-state index in [0.717, 1.165) is 0 Å². The van der Waals surface area contributed by atoms with Crippen LogP contribution in [0, 0.1) is 0 Å². The van der Waals surface area contributed by atoms with Crippen molar-refractivity contribution >= 4 is 5.78 Å². The van der Waals surface area contributed by atoms with Gasteiger partial charge in [0.25, 0.3) is 0 Å². The number of ketones is 1. The van der Waals surface area contributed by atoms with Crippen LogP contribution in [0.3, 0.4) is 0 Å². The molecule has 0 bridgehead atoms. The fourth-order valence-corrected chi connectivity index (χ4v) is 0.681. The van der Waals surface area contributed by atoms with Gasteiger partial charge < -0.3 is 10.8 Å². The van der Waals surface area contributed by atoms with E-state index in [9.17, 15) is 4.79 Å². The summed E-state index contributed by atoms with van der Waals surface area (Å²) in [5.41, 5.74) is 4.08. The monoisotopic (exact) mass is 115 g/mol. The molecule has 0 aromatic rings. The summed E-state index contributed by atoms with van der Waals surface area (Å²) in [5.74, 6) is -0.218. The van der Waals surface area contributed by atoms with Gasteiger partial charge >= 0.3 is 0 Å². The maximum Gasteiger partial charge on any atom is 0.162 e. The minimum absolute atomic E-state index is 0.218. The van der Waals surface area contributed by atoms with Crippen molar-refractivity contribution in [3.8, 4) is 0 Å². The summed E-state index contributed by atoms with van der Waals surface area (Å²) in [6, 6.07) is -0.306. The van der Waals surface area contributed by atoms with Crippen LogP contribution < -0.4 is 5.73 Å². The van der Waals surface area contributed by atoms with E-state index in [1.165, 1.54) is 6.92 Å². The quantitative estimate of drug-likeness (QED) is 0.462. The van der Waals surface area contributed by atoms with Crippen LogP contribution in [0.25, 0.3) is 0 Å². The Morgan fingerprint density at radius 3 is 2.38 bits per heavy atom. The first-order valence-corrected chi connectivity index (χ1v) is 2.56. The molecule has 0 heterocycles. The van der Waals surface area contributed by atoms with Gasteiger partial charge in [0.1, 0.15) is 5.60 Å². The zero-order chi connectivity index (χ0) is 6.36. The lowest BCUT2D eigenvalue weighted by Gasteiger charge is -1.99. The number of nitrogens with two attached hydrogens (primary N) is 1. The average Bonchev–Trinajstić information content (AvgIpc) is 2.17. The summed E-state index contributed by atoms with van der Waals surface area (Å²) in [7, 11) is 0. The molecule has 0 spiro atoms. The van der Waals surface area contributed by atoms with Crippen molar-refractivity contribution in [1.29, 1.82) is 0 Å². The van der Waals surface area contributed by atoms with Gasteiger partial charge in [0.05, 0.1) is 0 Å². The molecule has 0 aliphatic heterocycles. The van der Waals surface area contributed by atoms with Crippen molar-refractivity contribution < 1.29 is 9.90 Å². The average molecular weight is 115 g/mol. The van der Waals surface area contributed by atoms with E-state index in [2.05, 4.69) is 0 Å². The number of hydrogen-bond acceptors (Lipinski definition) is 3. The van der Waals surface area contributed by atoms with Crippen LogP contribution in [0.1, 0.15) is 13.3 Å². The second-order valence-electron chi connectivity index (χ2n) is 2.29. The van der Waals surface area contributed by atoms with Crippen LogP contribution >= 0.6 is 0 Å². The Bertz CT molecular complexity index is 134. The first kappa shape index (κ1) is 5.72. The molecule has 2 atom stereocenters. The van der Waals surface area contributed by atoms with E-state index < -0.39 is 5.60 Å². The van der Waals surface area contributed by atoms with Crippen LogP contribution in [0.15, 0.2) is 0 Å². The molecule has 0 amide bonds. The number of carbonyl (C=O) groups excluding carboxylic acids is 1. The molecule has 0 aromatic carbocycles. The second kappa shape index (κ2) is 1.30. The molecule has 8 heavy (non-hydrogen) atoms. The highest BCUT2D eigenvalue weighted by molar-refractivity contribution is 5.89. The summed E-state index contributed by atoms with van der Waals surface area (Å²) in [6.45, 7) is 1.35. The predicted molar refractivity (Wildman–Crippen MR) is 28.2 cm³/mol. The lowest BCUT2D eigenvalue weighted by atomic mass is 10.2. The molecule has 0 saturated heterocycles. The molecule has 1 saturated carbocycles. The van der Waals surface area contributed by atoms with Crippen molar-refractivity contribution in [2.24, 2.45) is 5.73 Å². The van der Waals surface area contributed by atoms with Crippen molar-refractivity contribution in [1.82, 2.24) is 0 Å². The highest BCUT2D eigenvalue weighted by Crippen LogP contribution is 2.34. The van der Waals surface area contributed by atoms with E-state index in [1.54, 1.807) is 0 Å². The lowest BCUT2D eigenvalue weighted by Crippen LogP contribution is -2.27. The highest BCUT2D eigenvalue weighted by Gasteiger charge is 2.54. The Labute approximate surface area is 47.5 Å². The Morgan fingerprint density at radius 1 is 2.00 bits per heavy atom. The fraction of sp³-hybridized carbons (Fsp3) is 0.800. The third-order valence-electron chi connectivity index (χ3n) is 1.59. The Balaban J connectivity index is 2.60. The fourth-order valence-electron chi connectivity index (χ4n) is 0.681. The van der Waals surface area contributed by atoms with Gasteiger partial charge in [-0.3, -0.25) is 4.79 Å². The number of carbonyl (C=O) groups is 1. The molecular weight excluding hydrogens is 106 g/mol. The standard InChI is InChI=1S/C5H9NO2/c1-3(7)5(8)2-4(5)6/h4,8H,2,6H2,1H3. The van der Waals surface area contributed by atoms with Gasteiger partial charge in [-0.15, -0.1) is 0 Å². The lowest BCUT2D eigenvalue weighted by molar-refractivity contribution is -0.127. The third-order valence-corrected chi connectivity index (χ3v) is 1.59. The normalized spacial score (nSPS) is 44.1. The van der Waals surface area contributed by atoms with Crippen molar-refractivity contribution in [2.75, 3.05) is 0 Å². The van der Waals surface area contributed by atoms with Gasteiger partial charge in [-0.05, 0) is 6.92 Å². The van der Waals surface area contributed by atoms with Gasteiger partial charge in [0.2, 0.25) is 0 Å². The summed E-state index contributed by atoms with van der Waals surface area (Å²) in [6.07, 6.45) is 0.433. The molecule has 46 valence electrons. The van der Waals surface area contributed by atoms with Crippen molar-refractivity contribution in [3.63, 3.8) is 0 Å². The minimum Gasteiger partial charge on any atom is -0.380 e. The van der Waals surface area contributed by atoms with Gasteiger partial charge in [-0.1, -0.05) is 0 Å². The molecule has 3 nitrogen and oxygen atoms in total. The first-order chi connectivity index (χ1) is 3.57. The van der Waals surface area contributed by atoms with Gasteiger partial charge in [0.15, 0.2) is 5.78 Å². The zero-order valence-corrected chi connectivity index (χ0v) is 4.72. The molecule has 1 aliphatic rings. The Hall–Kier alpha value is -0.410. The largest absolute Gasteiger partial charge is 0.380 e. The summed E-state index contributed by atoms with van der Waals surface area (Å²) >= 11 is 0. The molecular formula is C5H9NO2. The minimum atomic E-state index is -1.15. The highest BCUT2D eigenvalue weighted by atomic mass is 16.3. The molecule has 0 aromatic heterocycles. The number of Topliss-reactive ketones (excluding diaryl/α,β-unsaturated/α-hetero) is 1. The summed E-state index contributed by atoms with van der Waals surface area (Å²) in [5, 5.41) is 9.00. The van der Waals surface area contributed by atoms with Crippen molar-refractivity contribution in [3.05, 3.63) is 0 Å². The van der Waals surface area contributed by atoms with E-state index in [1.807, 2.05) is 0 Å². The topological polar surface area (TPSA) is 63.3 Å². The molecule has 1 fully saturated rings. The van der Waals surface area contributed by atoms with Crippen LogP contribution in [0.5, 0.6) is 0 Å². The van der Waals surface area contributed by atoms with Crippen LogP contribution in [-0.4, -0.2) is 22.5 Å². The SMILES string of the molecule is CC(=O)C1(O)CC1N. The van der Waals surface area contributed by atoms with E-state index in [0.29, 0.717) is 6.42 Å². The predicted octanol–water partition coefficient (Wildman–Crippen LogP) is -0.963. The summed E-state index contributed by atoms with van der Waals surface area (Å²) < 4.78 is 0. The van der Waals surface area contributed by atoms with Crippen molar-refractivity contribution in [2.45, 2.75) is 25.0 Å². The molecule has 0 radical (unpaired) electrons. The van der Waals surface area contributed by atoms with E-state index in [-0.39, 0.29) is 11.8 Å². The van der Waals surface area contributed by atoms with Gasteiger partial charge in [-0.2, -0.15) is 0 Å². The maximum absolute atomic E-state index is 10.4. The van der Waals surface area contributed by atoms with Crippen LogP contribution in [0.4, 0.5) is 0 Å². The van der Waals surface area contributed by atoms with Crippen LogP contribution in [-0.2, 0) is 4.79 Å². The molecule has 3 heteroatoms. The number of rotatable bonds is 1. The smallest absolute Gasteiger partial charge is 0.162 e. The zero-order valence-electron chi connectivity index (χ0n) is 4.72. The Morgan fingerprint density at radius 2 is 2.38 bits per heavy atom. The van der Waals surface area contributed by atoms with Crippen LogP contribution in [0.2, 0.25) is 0 Å². The molecule has 3 N–H and O–H groups in total. The molecule has 1 rings (SSSR count). The molecule has 2 unspecified atom stereocenters. The van der Waals surface area contributed by atoms with E-state index >= 15 is 0 Å². The van der Waals surface area contributed by atoms with E-state index in [4.69, 9.17) is 10.8 Å². The number of hydrogen-bond donors (Lipinski definition) is 2. The Kier molecular flexibility index (Phi) is 0.929. The maximum atomic E-state index is 10.4.